The van der Waals surface area contributed by atoms with Gasteiger partial charge in [0.05, 0.1) is 11.1 Å². The molecule has 0 spiro atoms. The van der Waals surface area contributed by atoms with E-state index in [2.05, 4.69) is 5.32 Å². The van der Waals surface area contributed by atoms with Crippen molar-refractivity contribution >= 4 is 11.4 Å². The summed E-state index contributed by atoms with van der Waals surface area (Å²) in [6.07, 6.45) is 1.91. The summed E-state index contributed by atoms with van der Waals surface area (Å²) < 4.78 is 2.00. The molecule has 0 aliphatic rings. The van der Waals surface area contributed by atoms with Crippen LogP contribution in [0.2, 0.25) is 0 Å². The number of hydrogen-bond donors (Lipinski definition) is 1. The van der Waals surface area contributed by atoms with E-state index in [-0.39, 0.29) is 5.91 Å². The van der Waals surface area contributed by atoms with Crippen molar-refractivity contribution in [3.8, 4) is 0 Å². The molecule has 3 heteroatoms. The normalized spacial score (nSPS) is 10.4. The molecule has 0 radical (unpaired) electrons. The molecular weight excluding hydrogens is 176 g/mol. The summed E-state index contributed by atoms with van der Waals surface area (Å²) in [5.74, 6) is -0.0434. The van der Waals surface area contributed by atoms with E-state index < -0.39 is 0 Å². The van der Waals surface area contributed by atoms with Gasteiger partial charge in [0.25, 0.3) is 5.91 Å². The minimum Gasteiger partial charge on any atom is -0.355 e. The second-order valence-electron chi connectivity index (χ2n) is 3.23. The van der Waals surface area contributed by atoms with Gasteiger partial charge in [-0.15, -0.1) is 0 Å². The largest absolute Gasteiger partial charge is 0.355 e. The first-order valence-corrected chi connectivity index (χ1v) is 4.53. The Bertz CT molecular complexity index is 485. The molecule has 0 unspecified atom stereocenters. The van der Waals surface area contributed by atoms with Crippen molar-refractivity contribution in [2.24, 2.45) is 0 Å². The Balaban J connectivity index is 2.70. The number of nitrogens with one attached hydrogen (secondary N) is 1. The smallest absolute Gasteiger partial charge is 0.253 e. The van der Waals surface area contributed by atoms with Gasteiger partial charge in [0, 0.05) is 18.9 Å². The lowest BCUT2D eigenvalue weighted by molar-refractivity contribution is 0.0965. The SMILES string of the molecule is CNC(=O)c1ccn2c(C)cccc12. The quantitative estimate of drug-likeness (QED) is 0.724. The summed E-state index contributed by atoms with van der Waals surface area (Å²) in [5, 5.41) is 2.63. The van der Waals surface area contributed by atoms with Crippen LogP contribution in [0.1, 0.15) is 16.1 Å². The van der Waals surface area contributed by atoms with Crippen LogP contribution < -0.4 is 5.32 Å². The Morgan fingerprint density at radius 2 is 2.14 bits per heavy atom. The average molecular weight is 188 g/mol. The molecule has 2 rings (SSSR count). The van der Waals surface area contributed by atoms with Gasteiger partial charge in [0.15, 0.2) is 0 Å². The molecule has 0 atom stereocenters. The van der Waals surface area contributed by atoms with E-state index in [1.807, 2.05) is 41.8 Å². The number of aryl methyl sites for hydroxylation is 1. The van der Waals surface area contributed by atoms with Crippen molar-refractivity contribution in [1.82, 2.24) is 9.72 Å². The van der Waals surface area contributed by atoms with Gasteiger partial charge in [0.2, 0.25) is 0 Å². The maximum Gasteiger partial charge on any atom is 0.253 e. The van der Waals surface area contributed by atoms with Crippen LogP contribution in [0.25, 0.3) is 5.52 Å². The first-order valence-electron chi connectivity index (χ1n) is 4.53. The topological polar surface area (TPSA) is 33.5 Å². The molecule has 0 aliphatic carbocycles. The number of rotatable bonds is 1. The van der Waals surface area contributed by atoms with E-state index in [9.17, 15) is 4.79 Å². The Hall–Kier alpha value is -1.77. The molecule has 0 aliphatic heterocycles. The van der Waals surface area contributed by atoms with E-state index >= 15 is 0 Å². The van der Waals surface area contributed by atoms with Crippen molar-refractivity contribution in [2.45, 2.75) is 6.92 Å². The Kier molecular flexibility index (Phi) is 2.00. The lowest BCUT2D eigenvalue weighted by atomic mass is 10.2. The van der Waals surface area contributed by atoms with Crippen LogP contribution in [0.4, 0.5) is 0 Å². The van der Waals surface area contributed by atoms with Gasteiger partial charge in [-0.05, 0) is 25.1 Å². The summed E-state index contributed by atoms with van der Waals surface area (Å²) in [7, 11) is 1.64. The summed E-state index contributed by atoms with van der Waals surface area (Å²) in [4.78, 5) is 11.5. The third-order valence-electron chi connectivity index (χ3n) is 2.37. The van der Waals surface area contributed by atoms with E-state index in [1.54, 1.807) is 7.05 Å². The third-order valence-corrected chi connectivity index (χ3v) is 2.37. The van der Waals surface area contributed by atoms with Crippen LogP contribution in [-0.2, 0) is 0 Å². The molecule has 2 aromatic heterocycles. The van der Waals surface area contributed by atoms with Crippen LogP contribution in [-0.4, -0.2) is 17.4 Å². The molecule has 3 nitrogen and oxygen atoms in total. The van der Waals surface area contributed by atoms with E-state index in [4.69, 9.17) is 0 Å². The maximum absolute atomic E-state index is 11.5. The highest BCUT2D eigenvalue weighted by atomic mass is 16.1. The summed E-state index contributed by atoms with van der Waals surface area (Å²) in [5.41, 5.74) is 2.79. The van der Waals surface area contributed by atoms with Crippen molar-refractivity contribution < 1.29 is 4.79 Å². The number of nitrogens with zero attached hydrogens (tertiary/aromatic N) is 1. The third kappa shape index (κ3) is 1.18. The number of carbonyl (C=O) groups excluding carboxylic acids is 1. The molecule has 0 fully saturated rings. The highest BCUT2D eigenvalue weighted by Crippen LogP contribution is 2.14. The van der Waals surface area contributed by atoms with Crippen molar-refractivity contribution in [2.75, 3.05) is 7.05 Å². The average Bonchev–Trinajstić information content (AvgIpc) is 2.62. The number of pyridine rings is 1. The Labute approximate surface area is 82.4 Å². The first kappa shape index (κ1) is 8.81. The molecule has 0 aromatic carbocycles. The predicted molar refractivity (Wildman–Crippen MR) is 55.5 cm³/mol. The lowest BCUT2D eigenvalue weighted by Crippen LogP contribution is -2.17. The molecule has 72 valence electrons. The van der Waals surface area contributed by atoms with Crippen molar-refractivity contribution in [3.05, 3.63) is 41.7 Å². The molecule has 0 bridgehead atoms. The zero-order chi connectivity index (χ0) is 10.1. The highest BCUT2D eigenvalue weighted by Gasteiger charge is 2.09. The summed E-state index contributed by atoms with van der Waals surface area (Å²) in [6.45, 7) is 2.01. The number of fused-ring (bicyclic) bond motifs is 1. The van der Waals surface area contributed by atoms with Gasteiger partial charge in [-0.3, -0.25) is 4.79 Å². The van der Waals surface area contributed by atoms with Crippen LogP contribution >= 0.6 is 0 Å². The molecule has 2 aromatic rings. The van der Waals surface area contributed by atoms with E-state index in [1.165, 1.54) is 0 Å². The second kappa shape index (κ2) is 3.18. The number of hydrogen-bond acceptors (Lipinski definition) is 1. The van der Waals surface area contributed by atoms with Crippen LogP contribution in [0.15, 0.2) is 30.5 Å². The van der Waals surface area contributed by atoms with E-state index in [0.29, 0.717) is 0 Å². The monoisotopic (exact) mass is 188 g/mol. The molecule has 1 amide bonds. The molecule has 2 heterocycles. The van der Waals surface area contributed by atoms with Gasteiger partial charge in [-0.2, -0.15) is 0 Å². The zero-order valence-electron chi connectivity index (χ0n) is 8.24. The Morgan fingerprint density at radius 3 is 2.86 bits per heavy atom. The van der Waals surface area contributed by atoms with Gasteiger partial charge in [-0.25, -0.2) is 0 Å². The summed E-state index contributed by atoms with van der Waals surface area (Å²) in [6, 6.07) is 7.75. The fourth-order valence-electron chi connectivity index (χ4n) is 1.61. The van der Waals surface area contributed by atoms with Crippen LogP contribution in [0.5, 0.6) is 0 Å². The maximum atomic E-state index is 11.5. The second-order valence-corrected chi connectivity index (χ2v) is 3.23. The van der Waals surface area contributed by atoms with Gasteiger partial charge in [-0.1, -0.05) is 6.07 Å². The molecule has 0 saturated heterocycles. The van der Waals surface area contributed by atoms with Gasteiger partial charge < -0.3 is 9.72 Å². The molecule has 14 heavy (non-hydrogen) atoms. The number of amides is 1. The molecular formula is C11H12N2O. The lowest BCUT2D eigenvalue weighted by Gasteiger charge is -2.01. The molecule has 1 N–H and O–H groups in total. The van der Waals surface area contributed by atoms with Gasteiger partial charge in [0.1, 0.15) is 0 Å². The predicted octanol–water partition coefficient (Wildman–Crippen LogP) is 1.61. The first-order chi connectivity index (χ1) is 6.74. The fraction of sp³-hybridized carbons (Fsp3) is 0.182. The minimum atomic E-state index is -0.0434. The summed E-state index contributed by atoms with van der Waals surface area (Å²) >= 11 is 0. The number of aromatic nitrogens is 1. The highest BCUT2D eigenvalue weighted by molar-refractivity contribution is 6.00. The van der Waals surface area contributed by atoms with E-state index in [0.717, 1.165) is 16.8 Å². The zero-order valence-corrected chi connectivity index (χ0v) is 8.24. The standard InChI is InChI=1S/C11H12N2O/c1-8-4-3-5-10-9(11(14)12-2)6-7-13(8)10/h3-7H,1-2H3,(H,12,14). The van der Waals surface area contributed by atoms with Crippen LogP contribution in [0, 0.1) is 6.92 Å². The molecule has 0 saturated carbocycles. The fourth-order valence-corrected chi connectivity index (χ4v) is 1.61. The minimum absolute atomic E-state index is 0.0434. The van der Waals surface area contributed by atoms with Crippen molar-refractivity contribution in [1.29, 1.82) is 0 Å². The Morgan fingerprint density at radius 1 is 1.36 bits per heavy atom. The van der Waals surface area contributed by atoms with Crippen LogP contribution in [0.3, 0.4) is 0 Å². The van der Waals surface area contributed by atoms with Gasteiger partial charge >= 0.3 is 0 Å². The number of carbonyl (C=O) groups is 1. The van der Waals surface area contributed by atoms with Crippen molar-refractivity contribution in [3.63, 3.8) is 0 Å².